The van der Waals surface area contributed by atoms with E-state index in [1.807, 2.05) is 31.3 Å². The second-order valence-corrected chi connectivity index (χ2v) is 7.52. The standard InChI is InChI=1S/C17H26N4O2.C2HF3O2/c1-19(2)17(22)21-8-6-16(23-3)14-11-20(12-15(14)21)10-13-5-4-7-18-9-13;3-2(4,5)1(6)7/h4-5,7,9,14-16H,6,8,10-12H2,1-3H3;(H,6,7)/t14-,15+,16+;/m0./s1. The molecule has 1 aromatic heterocycles. The highest BCUT2D eigenvalue weighted by atomic mass is 19.4. The van der Waals surface area contributed by atoms with E-state index in [0.717, 1.165) is 32.6 Å². The molecule has 168 valence electrons. The van der Waals surface area contributed by atoms with Gasteiger partial charge in [-0.25, -0.2) is 9.59 Å². The maximum atomic E-state index is 12.5. The summed E-state index contributed by atoms with van der Waals surface area (Å²) >= 11 is 0. The van der Waals surface area contributed by atoms with Gasteiger partial charge in [0.05, 0.1) is 12.1 Å². The van der Waals surface area contributed by atoms with E-state index in [1.165, 1.54) is 5.56 Å². The Morgan fingerprint density at radius 1 is 1.33 bits per heavy atom. The van der Waals surface area contributed by atoms with Crippen molar-refractivity contribution in [1.29, 1.82) is 0 Å². The molecule has 0 bridgehead atoms. The van der Waals surface area contributed by atoms with Crippen molar-refractivity contribution in [3.05, 3.63) is 30.1 Å². The molecule has 2 amide bonds. The first-order valence-corrected chi connectivity index (χ1v) is 9.46. The first-order chi connectivity index (χ1) is 14.0. The van der Waals surface area contributed by atoms with Crippen LogP contribution in [-0.2, 0) is 16.1 Å². The number of nitrogens with zero attached hydrogens (tertiary/aromatic N) is 4. The Bertz CT molecular complexity index is 717. The second kappa shape index (κ2) is 10.1. The molecule has 30 heavy (non-hydrogen) atoms. The third-order valence-corrected chi connectivity index (χ3v) is 5.24. The number of carbonyl (C=O) groups excluding carboxylic acids is 1. The van der Waals surface area contributed by atoms with Crippen LogP contribution in [0.15, 0.2) is 24.5 Å². The van der Waals surface area contributed by atoms with Crippen LogP contribution in [0.25, 0.3) is 0 Å². The van der Waals surface area contributed by atoms with E-state index in [2.05, 4.69) is 16.0 Å². The lowest BCUT2D eigenvalue weighted by Crippen LogP contribution is -2.55. The maximum absolute atomic E-state index is 12.5. The molecule has 0 radical (unpaired) electrons. The zero-order valence-corrected chi connectivity index (χ0v) is 17.2. The summed E-state index contributed by atoms with van der Waals surface area (Å²) in [7, 11) is 5.43. The average molecular weight is 432 g/mol. The summed E-state index contributed by atoms with van der Waals surface area (Å²) in [6.07, 6.45) is -0.215. The number of pyridine rings is 1. The number of amides is 2. The Labute approximate surface area is 173 Å². The van der Waals surface area contributed by atoms with Crippen molar-refractivity contribution in [2.24, 2.45) is 5.92 Å². The Balaban J connectivity index is 0.000000396. The van der Waals surface area contributed by atoms with Crippen molar-refractivity contribution in [3.8, 4) is 0 Å². The van der Waals surface area contributed by atoms with E-state index in [0.29, 0.717) is 5.92 Å². The summed E-state index contributed by atoms with van der Waals surface area (Å²) in [5.74, 6) is -2.37. The fourth-order valence-electron chi connectivity index (χ4n) is 3.90. The Kier molecular flexibility index (Phi) is 8.02. The highest BCUT2D eigenvalue weighted by Gasteiger charge is 2.46. The highest BCUT2D eigenvalue weighted by molar-refractivity contribution is 5.74. The molecule has 0 aromatic carbocycles. The molecule has 0 spiro atoms. The van der Waals surface area contributed by atoms with Crippen LogP contribution in [0, 0.1) is 5.92 Å². The summed E-state index contributed by atoms with van der Waals surface area (Å²) in [4.78, 5) is 31.7. The van der Waals surface area contributed by atoms with E-state index >= 15 is 0 Å². The van der Waals surface area contributed by atoms with Crippen molar-refractivity contribution in [3.63, 3.8) is 0 Å². The minimum absolute atomic E-state index is 0.109. The quantitative estimate of drug-likeness (QED) is 0.786. The molecule has 2 aliphatic heterocycles. The number of alkyl halides is 3. The first-order valence-electron chi connectivity index (χ1n) is 9.46. The van der Waals surface area contributed by atoms with Crippen molar-refractivity contribution >= 4 is 12.0 Å². The number of aliphatic carboxylic acids is 1. The van der Waals surface area contributed by atoms with Crippen LogP contribution in [-0.4, -0.2) is 96.0 Å². The van der Waals surface area contributed by atoms with Crippen LogP contribution in [0.5, 0.6) is 0 Å². The van der Waals surface area contributed by atoms with Crippen LogP contribution in [0.1, 0.15) is 12.0 Å². The van der Waals surface area contributed by atoms with E-state index in [4.69, 9.17) is 14.6 Å². The molecule has 2 aliphatic rings. The molecule has 0 unspecified atom stereocenters. The number of carbonyl (C=O) groups is 2. The lowest BCUT2D eigenvalue weighted by molar-refractivity contribution is -0.192. The summed E-state index contributed by atoms with van der Waals surface area (Å²) in [5, 5.41) is 7.12. The van der Waals surface area contributed by atoms with Gasteiger partial charge in [-0.3, -0.25) is 9.88 Å². The molecule has 3 atom stereocenters. The second-order valence-electron chi connectivity index (χ2n) is 7.52. The number of aromatic nitrogens is 1. The molecule has 3 rings (SSSR count). The van der Waals surface area contributed by atoms with E-state index in [1.54, 1.807) is 18.2 Å². The number of fused-ring (bicyclic) bond motifs is 1. The largest absolute Gasteiger partial charge is 0.490 e. The zero-order chi connectivity index (χ0) is 22.5. The topological polar surface area (TPSA) is 86.2 Å². The summed E-state index contributed by atoms with van der Waals surface area (Å²) in [6.45, 7) is 3.52. The monoisotopic (exact) mass is 432 g/mol. The summed E-state index contributed by atoms with van der Waals surface area (Å²) < 4.78 is 37.4. The minimum atomic E-state index is -5.08. The predicted octanol–water partition coefficient (Wildman–Crippen LogP) is 1.92. The SMILES string of the molecule is CO[C@@H]1CCN(C(=O)N(C)C)[C@@H]2CN(Cc3cccnc3)C[C@@H]21.O=C(O)C(F)(F)F. The lowest BCUT2D eigenvalue weighted by Gasteiger charge is -2.42. The molecule has 2 fully saturated rings. The molecule has 8 nitrogen and oxygen atoms in total. The Hall–Kier alpha value is -2.40. The third-order valence-electron chi connectivity index (χ3n) is 5.24. The number of ether oxygens (including phenoxy) is 1. The van der Waals surface area contributed by atoms with Crippen LogP contribution >= 0.6 is 0 Å². The van der Waals surface area contributed by atoms with Crippen molar-refractivity contribution in [2.45, 2.75) is 31.3 Å². The van der Waals surface area contributed by atoms with Gasteiger partial charge in [-0.05, 0) is 18.1 Å². The number of carboxylic acids is 1. The number of carboxylic acid groups (broad SMARTS) is 1. The highest BCUT2D eigenvalue weighted by Crippen LogP contribution is 2.33. The number of hydrogen-bond donors (Lipinski definition) is 1. The van der Waals surface area contributed by atoms with Gasteiger partial charge in [-0.2, -0.15) is 13.2 Å². The van der Waals surface area contributed by atoms with Gasteiger partial charge >= 0.3 is 18.2 Å². The van der Waals surface area contributed by atoms with Crippen LogP contribution in [0.3, 0.4) is 0 Å². The van der Waals surface area contributed by atoms with Crippen molar-refractivity contribution in [1.82, 2.24) is 19.7 Å². The van der Waals surface area contributed by atoms with Gasteiger partial charge in [-0.1, -0.05) is 6.07 Å². The number of methoxy groups -OCH3 is 1. The van der Waals surface area contributed by atoms with Crippen molar-refractivity contribution in [2.75, 3.05) is 40.8 Å². The number of piperidine rings is 1. The molecule has 3 heterocycles. The summed E-state index contributed by atoms with van der Waals surface area (Å²) in [5.41, 5.74) is 1.21. The molecule has 11 heteroatoms. The third kappa shape index (κ3) is 6.05. The lowest BCUT2D eigenvalue weighted by atomic mass is 9.89. The summed E-state index contributed by atoms with van der Waals surface area (Å²) in [6, 6.07) is 4.42. The van der Waals surface area contributed by atoms with E-state index in [9.17, 15) is 18.0 Å². The van der Waals surface area contributed by atoms with Gasteiger partial charge in [0.2, 0.25) is 0 Å². The normalized spacial score (nSPS) is 23.9. The van der Waals surface area contributed by atoms with Gasteiger partial charge < -0.3 is 19.6 Å². The minimum Gasteiger partial charge on any atom is -0.475 e. The number of halogens is 3. The van der Waals surface area contributed by atoms with Gasteiger partial charge in [0.15, 0.2) is 0 Å². The molecular formula is C19H27F3N4O4. The van der Waals surface area contributed by atoms with Gasteiger partial charge in [0.25, 0.3) is 0 Å². The fraction of sp³-hybridized carbons (Fsp3) is 0.632. The number of urea groups is 1. The van der Waals surface area contributed by atoms with E-state index < -0.39 is 12.1 Å². The molecule has 1 aromatic rings. The van der Waals surface area contributed by atoms with Crippen LogP contribution in [0.2, 0.25) is 0 Å². The Morgan fingerprint density at radius 2 is 2.00 bits per heavy atom. The fourth-order valence-corrected chi connectivity index (χ4v) is 3.90. The first kappa shape index (κ1) is 23.9. The number of rotatable bonds is 3. The van der Waals surface area contributed by atoms with Crippen molar-refractivity contribution < 1.29 is 32.6 Å². The molecular weight excluding hydrogens is 405 g/mol. The van der Waals surface area contributed by atoms with Crippen LogP contribution in [0.4, 0.5) is 18.0 Å². The van der Waals surface area contributed by atoms with Gasteiger partial charge in [0, 0.05) is 65.7 Å². The zero-order valence-electron chi connectivity index (χ0n) is 17.2. The molecule has 0 saturated carbocycles. The average Bonchev–Trinajstić information content (AvgIpc) is 3.10. The van der Waals surface area contributed by atoms with Crippen LogP contribution < -0.4 is 0 Å². The predicted molar refractivity (Wildman–Crippen MR) is 102 cm³/mol. The van der Waals surface area contributed by atoms with Gasteiger partial charge in [0.1, 0.15) is 0 Å². The maximum Gasteiger partial charge on any atom is 0.490 e. The number of likely N-dealkylation sites (tertiary alicyclic amines) is 2. The smallest absolute Gasteiger partial charge is 0.475 e. The molecule has 1 N–H and O–H groups in total. The number of hydrogen-bond acceptors (Lipinski definition) is 5. The molecule has 2 saturated heterocycles. The van der Waals surface area contributed by atoms with E-state index in [-0.39, 0.29) is 18.2 Å². The van der Waals surface area contributed by atoms with Gasteiger partial charge in [-0.15, -0.1) is 0 Å². The Morgan fingerprint density at radius 3 is 2.50 bits per heavy atom. The molecule has 0 aliphatic carbocycles.